The molecule has 0 radical (unpaired) electrons. The molecular weight excluding hydrogens is 268 g/mol. The van der Waals surface area contributed by atoms with Gasteiger partial charge in [0.1, 0.15) is 0 Å². The minimum Gasteiger partial charge on any atom is -0.381 e. The fraction of sp³-hybridized carbons (Fsp3) is 0.200. The van der Waals surface area contributed by atoms with Crippen LogP contribution >= 0.6 is 11.3 Å². The fourth-order valence-electron chi connectivity index (χ4n) is 2.13. The van der Waals surface area contributed by atoms with Crippen molar-refractivity contribution in [2.75, 3.05) is 11.1 Å². The van der Waals surface area contributed by atoms with Crippen LogP contribution in [0.15, 0.2) is 41.8 Å². The lowest BCUT2D eigenvalue weighted by Gasteiger charge is -2.15. The number of fused-ring (bicyclic) bond motifs is 1. The summed E-state index contributed by atoms with van der Waals surface area (Å²) in [5.74, 6) is 1.11. The first-order valence-electron chi connectivity index (χ1n) is 6.53. The van der Waals surface area contributed by atoms with E-state index in [-0.39, 0.29) is 6.04 Å². The Bertz CT molecular complexity index is 709. The number of para-hydroxylation sites is 2. The van der Waals surface area contributed by atoms with Crippen molar-refractivity contribution in [3.63, 3.8) is 0 Å². The summed E-state index contributed by atoms with van der Waals surface area (Å²) < 4.78 is 0. The molecule has 1 atom stereocenters. The van der Waals surface area contributed by atoms with Gasteiger partial charge < -0.3 is 11.1 Å². The molecule has 0 amide bonds. The van der Waals surface area contributed by atoms with E-state index in [0.717, 1.165) is 17.5 Å². The zero-order valence-electron chi connectivity index (χ0n) is 11.2. The van der Waals surface area contributed by atoms with Gasteiger partial charge in [-0.1, -0.05) is 18.2 Å². The molecule has 0 bridgehead atoms. The third-order valence-corrected chi connectivity index (χ3v) is 3.97. The van der Waals surface area contributed by atoms with Gasteiger partial charge in [-0.25, -0.2) is 9.97 Å². The van der Waals surface area contributed by atoms with E-state index in [4.69, 9.17) is 5.73 Å². The SMILES string of the molecule is CC(Cc1cccs1)Nc1nc2ccccc2nc1N. The van der Waals surface area contributed by atoms with Crippen LogP contribution in [0.25, 0.3) is 11.0 Å². The highest BCUT2D eigenvalue weighted by molar-refractivity contribution is 7.09. The lowest BCUT2D eigenvalue weighted by Crippen LogP contribution is -2.19. The maximum Gasteiger partial charge on any atom is 0.169 e. The molecular formula is C15H16N4S. The number of nitrogens with two attached hydrogens (primary N) is 1. The molecule has 0 aliphatic carbocycles. The van der Waals surface area contributed by atoms with Gasteiger partial charge in [-0.15, -0.1) is 11.3 Å². The second kappa shape index (κ2) is 5.46. The van der Waals surface area contributed by atoms with Crippen molar-refractivity contribution in [2.24, 2.45) is 0 Å². The number of aromatic nitrogens is 2. The van der Waals surface area contributed by atoms with Crippen LogP contribution in [0.5, 0.6) is 0 Å². The van der Waals surface area contributed by atoms with E-state index in [1.807, 2.05) is 24.3 Å². The molecule has 5 heteroatoms. The summed E-state index contributed by atoms with van der Waals surface area (Å²) in [4.78, 5) is 10.3. The van der Waals surface area contributed by atoms with Gasteiger partial charge in [0.05, 0.1) is 11.0 Å². The number of rotatable bonds is 4. The minimum absolute atomic E-state index is 0.256. The summed E-state index contributed by atoms with van der Waals surface area (Å²) >= 11 is 1.76. The van der Waals surface area contributed by atoms with Gasteiger partial charge in [0, 0.05) is 17.3 Å². The van der Waals surface area contributed by atoms with Crippen molar-refractivity contribution < 1.29 is 0 Å². The molecule has 0 fully saturated rings. The molecule has 3 rings (SSSR count). The van der Waals surface area contributed by atoms with E-state index in [1.54, 1.807) is 11.3 Å². The molecule has 1 unspecified atom stereocenters. The van der Waals surface area contributed by atoms with Gasteiger partial charge in [-0.05, 0) is 30.5 Å². The number of thiophene rings is 1. The van der Waals surface area contributed by atoms with E-state index in [2.05, 4.69) is 39.7 Å². The maximum absolute atomic E-state index is 5.97. The van der Waals surface area contributed by atoms with E-state index in [1.165, 1.54) is 4.88 Å². The summed E-state index contributed by atoms with van der Waals surface area (Å²) in [5.41, 5.74) is 7.65. The second-order valence-electron chi connectivity index (χ2n) is 4.78. The summed E-state index contributed by atoms with van der Waals surface area (Å²) in [6, 6.07) is 12.2. The maximum atomic E-state index is 5.97. The van der Waals surface area contributed by atoms with E-state index < -0.39 is 0 Å². The molecule has 4 nitrogen and oxygen atoms in total. The average molecular weight is 284 g/mol. The Morgan fingerprint density at radius 1 is 1.15 bits per heavy atom. The lowest BCUT2D eigenvalue weighted by atomic mass is 10.2. The first-order valence-corrected chi connectivity index (χ1v) is 7.41. The summed E-state index contributed by atoms with van der Waals surface area (Å²) in [7, 11) is 0. The molecule has 0 aliphatic rings. The van der Waals surface area contributed by atoms with Crippen LogP contribution in [0, 0.1) is 0 Å². The highest BCUT2D eigenvalue weighted by Crippen LogP contribution is 2.20. The largest absolute Gasteiger partial charge is 0.381 e. The third-order valence-electron chi connectivity index (χ3n) is 3.07. The quantitative estimate of drug-likeness (QED) is 0.771. The number of nitrogens with zero attached hydrogens (tertiary/aromatic N) is 2. The molecule has 102 valence electrons. The molecule has 2 heterocycles. The normalized spacial score (nSPS) is 12.4. The molecule has 0 saturated carbocycles. The average Bonchev–Trinajstić information content (AvgIpc) is 2.92. The van der Waals surface area contributed by atoms with Crippen LogP contribution in [-0.2, 0) is 6.42 Å². The molecule has 1 aromatic carbocycles. The predicted octanol–water partition coefficient (Wildman–Crippen LogP) is 3.32. The highest BCUT2D eigenvalue weighted by atomic mass is 32.1. The number of hydrogen-bond acceptors (Lipinski definition) is 5. The zero-order chi connectivity index (χ0) is 13.9. The predicted molar refractivity (Wildman–Crippen MR) is 85.1 cm³/mol. The van der Waals surface area contributed by atoms with Gasteiger partial charge in [0.2, 0.25) is 0 Å². The summed E-state index contributed by atoms with van der Waals surface area (Å²) in [6.07, 6.45) is 0.950. The standard InChI is InChI=1S/C15H16N4S/c1-10(9-11-5-4-8-20-11)17-15-14(16)18-12-6-2-3-7-13(12)19-15/h2-8,10H,9H2,1H3,(H2,16,18)(H,17,19). The Morgan fingerprint density at radius 2 is 1.90 bits per heavy atom. The van der Waals surface area contributed by atoms with Crippen LogP contribution in [-0.4, -0.2) is 16.0 Å². The second-order valence-corrected chi connectivity index (χ2v) is 5.81. The molecule has 0 spiro atoms. The van der Waals surface area contributed by atoms with Crippen LogP contribution in [0.3, 0.4) is 0 Å². The van der Waals surface area contributed by atoms with Gasteiger partial charge >= 0.3 is 0 Å². The van der Waals surface area contributed by atoms with Gasteiger partial charge in [0.15, 0.2) is 11.6 Å². The number of anilines is 2. The molecule has 20 heavy (non-hydrogen) atoms. The summed E-state index contributed by atoms with van der Waals surface area (Å²) in [5, 5.41) is 5.44. The fourth-order valence-corrected chi connectivity index (χ4v) is 2.97. The Labute approximate surface area is 121 Å². The van der Waals surface area contributed by atoms with Crippen molar-refractivity contribution in [1.82, 2.24) is 9.97 Å². The van der Waals surface area contributed by atoms with Crippen LogP contribution in [0.2, 0.25) is 0 Å². The summed E-state index contributed by atoms with van der Waals surface area (Å²) in [6.45, 7) is 2.12. The van der Waals surface area contributed by atoms with Crippen LogP contribution in [0.1, 0.15) is 11.8 Å². The molecule has 0 saturated heterocycles. The zero-order valence-corrected chi connectivity index (χ0v) is 12.0. The Morgan fingerprint density at radius 3 is 2.60 bits per heavy atom. The van der Waals surface area contributed by atoms with Crippen molar-refractivity contribution in [1.29, 1.82) is 0 Å². The minimum atomic E-state index is 0.256. The number of benzene rings is 1. The van der Waals surface area contributed by atoms with Crippen molar-refractivity contribution >= 4 is 34.0 Å². The van der Waals surface area contributed by atoms with Gasteiger partial charge in [-0.3, -0.25) is 0 Å². The van der Waals surface area contributed by atoms with Crippen molar-refractivity contribution in [3.05, 3.63) is 46.7 Å². The van der Waals surface area contributed by atoms with E-state index >= 15 is 0 Å². The van der Waals surface area contributed by atoms with Crippen LogP contribution < -0.4 is 11.1 Å². The van der Waals surface area contributed by atoms with E-state index in [0.29, 0.717) is 11.6 Å². The lowest BCUT2D eigenvalue weighted by molar-refractivity contribution is 0.795. The number of nitrogens with one attached hydrogen (secondary N) is 1. The molecule has 2 aromatic heterocycles. The topological polar surface area (TPSA) is 63.8 Å². The number of hydrogen-bond donors (Lipinski definition) is 2. The van der Waals surface area contributed by atoms with Crippen molar-refractivity contribution in [3.8, 4) is 0 Å². The molecule has 0 aliphatic heterocycles. The molecule has 3 aromatic rings. The van der Waals surface area contributed by atoms with E-state index in [9.17, 15) is 0 Å². The molecule has 3 N–H and O–H groups in total. The smallest absolute Gasteiger partial charge is 0.169 e. The monoisotopic (exact) mass is 284 g/mol. The Kier molecular flexibility index (Phi) is 3.52. The number of nitrogen functional groups attached to an aromatic ring is 1. The van der Waals surface area contributed by atoms with Gasteiger partial charge in [-0.2, -0.15) is 0 Å². The first-order chi connectivity index (χ1) is 9.72. The Balaban J connectivity index is 1.81. The highest BCUT2D eigenvalue weighted by Gasteiger charge is 2.10. The van der Waals surface area contributed by atoms with Crippen molar-refractivity contribution in [2.45, 2.75) is 19.4 Å². The van der Waals surface area contributed by atoms with Gasteiger partial charge in [0.25, 0.3) is 0 Å². The van der Waals surface area contributed by atoms with Crippen LogP contribution in [0.4, 0.5) is 11.6 Å². The third kappa shape index (κ3) is 2.72. The first kappa shape index (κ1) is 12.9. The Hall–Kier alpha value is -2.14.